The van der Waals surface area contributed by atoms with Gasteiger partial charge in [-0.15, -0.1) is 0 Å². The summed E-state index contributed by atoms with van der Waals surface area (Å²) >= 11 is 2.08. The van der Waals surface area contributed by atoms with Gasteiger partial charge in [-0.3, -0.25) is 4.79 Å². The van der Waals surface area contributed by atoms with Crippen molar-refractivity contribution in [3.8, 4) is 0 Å². The zero-order valence-corrected chi connectivity index (χ0v) is 11.0. The molecule has 1 fully saturated rings. The Morgan fingerprint density at radius 3 is 2.93 bits per heavy atom. The number of nitrogens with one attached hydrogen (secondary N) is 1. The van der Waals surface area contributed by atoms with Gasteiger partial charge in [0, 0.05) is 19.3 Å². The molecule has 3 unspecified atom stereocenters. The highest BCUT2D eigenvalue weighted by molar-refractivity contribution is 14.1. The Kier molecular flexibility index (Phi) is 5.15. The van der Waals surface area contributed by atoms with E-state index in [4.69, 9.17) is 4.74 Å². The summed E-state index contributed by atoms with van der Waals surface area (Å²) in [6.07, 6.45) is 3.61. The Labute approximate surface area is 99.3 Å². The summed E-state index contributed by atoms with van der Waals surface area (Å²) in [5, 5.41) is 0. The first kappa shape index (κ1) is 12.2. The molecule has 0 bridgehead atoms. The SMILES string of the molecule is CC(I)C(=O)OCCC1CCC[NH+]1C. The molecule has 1 aliphatic rings. The van der Waals surface area contributed by atoms with Crippen molar-refractivity contribution in [3.05, 3.63) is 0 Å². The second-order valence-corrected chi connectivity index (χ2v) is 5.88. The van der Waals surface area contributed by atoms with E-state index < -0.39 is 0 Å². The lowest BCUT2D eigenvalue weighted by molar-refractivity contribution is -0.892. The molecule has 1 heterocycles. The molecule has 3 nitrogen and oxygen atoms in total. The molecule has 0 radical (unpaired) electrons. The Balaban J connectivity index is 2.12. The summed E-state index contributed by atoms with van der Waals surface area (Å²) in [6, 6.07) is 0.701. The lowest BCUT2D eigenvalue weighted by Crippen LogP contribution is -3.10. The molecule has 0 aliphatic carbocycles. The number of carbonyl (C=O) groups is 1. The minimum absolute atomic E-state index is 0.0266. The molecule has 0 aromatic carbocycles. The van der Waals surface area contributed by atoms with Crippen molar-refractivity contribution in [1.82, 2.24) is 0 Å². The van der Waals surface area contributed by atoms with Gasteiger partial charge in [-0.05, 0) is 6.92 Å². The fourth-order valence-electron chi connectivity index (χ4n) is 1.89. The van der Waals surface area contributed by atoms with Gasteiger partial charge in [0.2, 0.25) is 0 Å². The first-order valence-electron chi connectivity index (χ1n) is 5.24. The molecule has 1 aliphatic heterocycles. The van der Waals surface area contributed by atoms with Crippen molar-refractivity contribution in [2.45, 2.75) is 36.2 Å². The van der Waals surface area contributed by atoms with E-state index in [0.717, 1.165) is 6.42 Å². The molecule has 0 aromatic heterocycles. The van der Waals surface area contributed by atoms with Crippen LogP contribution in [0.5, 0.6) is 0 Å². The standard InChI is InChI=1S/C10H18INO2/c1-8(11)10(13)14-7-5-9-4-3-6-12(9)2/h8-9H,3-7H2,1-2H3/p+1. The fourth-order valence-corrected chi connectivity index (χ4v) is 2.06. The van der Waals surface area contributed by atoms with Crippen LogP contribution in [0.1, 0.15) is 26.2 Å². The quantitative estimate of drug-likeness (QED) is 0.463. The molecule has 82 valence electrons. The van der Waals surface area contributed by atoms with Crippen molar-refractivity contribution in [2.24, 2.45) is 0 Å². The highest BCUT2D eigenvalue weighted by Gasteiger charge is 2.24. The van der Waals surface area contributed by atoms with Crippen molar-refractivity contribution >= 4 is 28.6 Å². The average Bonchev–Trinajstić information content (AvgIpc) is 2.51. The lowest BCUT2D eigenvalue weighted by Gasteiger charge is -2.16. The molecular formula is C10H19INO2+. The zero-order chi connectivity index (χ0) is 10.6. The third kappa shape index (κ3) is 3.73. The maximum absolute atomic E-state index is 11.2. The third-order valence-electron chi connectivity index (χ3n) is 2.86. The van der Waals surface area contributed by atoms with Crippen LogP contribution in [0.3, 0.4) is 0 Å². The lowest BCUT2D eigenvalue weighted by atomic mass is 10.1. The Morgan fingerprint density at radius 2 is 2.43 bits per heavy atom. The molecule has 0 saturated carbocycles. The first-order valence-corrected chi connectivity index (χ1v) is 6.49. The Bertz CT molecular complexity index is 197. The van der Waals surface area contributed by atoms with Crippen LogP contribution in [0.2, 0.25) is 0 Å². The summed E-state index contributed by atoms with van der Waals surface area (Å²) in [4.78, 5) is 12.7. The molecule has 1 N–H and O–H groups in total. The van der Waals surface area contributed by atoms with Crippen molar-refractivity contribution in [2.75, 3.05) is 20.2 Å². The topological polar surface area (TPSA) is 30.7 Å². The number of ether oxygens (including phenoxy) is 1. The summed E-state index contributed by atoms with van der Waals surface area (Å²) in [6.45, 7) is 3.71. The highest BCUT2D eigenvalue weighted by atomic mass is 127. The average molecular weight is 312 g/mol. The summed E-state index contributed by atoms with van der Waals surface area (Å²) in [7, 11) is 2.22. The maximum Gasteiger partial charge on any atom is 0.318 e. The molecule has 14 heavy (non-hydrogen) atoms. The minimum Gasteiger partial charge on any atom is -0.465 e. The second-order valence-electron chi connectivity index (χ2n) is 4.01. The number of quaternary nitrogens is 1. The number of hydrogen-bond acceptors (Lipinski definition) is 2. The van der Waals surface area contributed by atoms with E-state index in [-0.39, 0.29) is 9.89 Å². The van der Waals surface area contributed by atoms with Gasteiger partial charge in [-0.2, -0.15) is 0 Å². The van der Waals surface area contributed by atoms with E-state index in [9.17, 15) is 4.79 Å². The predicted octanol–water partition coefficient (Wildman–Crippen LogP) is 0.420. The van der Waals surface area contributed by atoms with Crippen LogP contribution >= 0.6 is 22.6 Å². The monoisotopic (exact) mass is 312 g/mol. The second kappa shape index (κ2) is 5.90. The molecule has 0 spiro atoms. The van der Waals surface area contributed by atoms with Crippen LogP contribution in [0.25, 0.3) is 0 Å². The van der Waals surface area contributed by atoms with E-state index in [2.05, 4.69) is 29.6 Å². The minimum atomic E-state index is -0.0822. The van der Waals surface area contributed by atoms with Crippen LogP contribution < -0.4 is 4.90 Å². The van der Waals surface area contributed by atoms with Gasteiger partial charge in [0.05, 0.1) is 26.2 Å². The number of esters is 1. The number of hydrogen-bond donors (Lipinski definition) is 1. The van der Waals surface area contributed by atoms with Crippen molar-refractivity contribution in [3.63, 3.8) is 0 Å². The van der Waals surface area contributed by atoms with E-state index >= 15 is 0 Å². The smallest absolute Gasteiger partial charge is 0.318 e. The zero-order valence-electron chi connectivity index (χ0n) is 8.88. The van der Waals surface area contributed by atoms with Gasteiger partial charge in [-0.1, -0.05) is 22.6 Å². The van der Waals surface area contributed by atoms with Gasteiger partial charge in [0.1, 0.15) is 3.92 Å². The van der Waals surface area contributed by atoms with E-state index in [1.54, 1.807) is 4.90 Å². The molecule has 3 atom stereocenters. The van der Waals surface area contributed by atoms with E-state index in [1.807, 2.05) is 6.92 Å². The van der Waals surface area contributed by atoms with Crippen molar-refractivity contribution in [1.29, 1.82) is 0 Å². The normalized spacial score (nSPS) is 28.8. The van der Waals surface area contributed by atoms with Crippen molar-refractivity contribution < 1.29 is 14.4 Å². The summed E-state index contributed by atoms with van der Waals surface area (Å²) in [5.74, 6) is -0.0822. The number of halogens is 1. The van der Waals surface area contributed by atoms with Gasteiger partial charge >= 0.3 is 5.97 Å². The Morgan fingerprint density at radius 1 is 1.71 bits per heavy atom. The number of likely N-dealkylation sites (tertiary alicyclic amines) is 1. The van der Waals surface area contributed by atoms with Gasteiger partial charge in [0.25, 0.3) is 0 Å². The molecule has 0 amide bonds. The van der Waals surface area contributed by atoms with Crippen LogP contribution in [0.4, 0.5) is 0 Å². The van der Waals surface area contributed by atoms with Gasteiger partial charge < -0.3 is 9.64 Å². The number of carbonyl (C=O) groups excluding carboxylic acids is 1. The molecule has 0 aromatic rings. The number of alkyl halides is 1. The van der Waals surface area contributed by atoms with Crippen LogP contribution in [0.15, 0.2) is 0 Å². The molecule has 1 rings (SSSR count). The van der Waals surface area contributed by atoms with Crippen LogP contribution in [-0.4, -0.2) is 36.1 Å². The maximum atomic E-state index is 11.2. The van der Waals surface area contributed by atoms with Crippen LogP contribution in [0, 0.1) is 0 Å². The highest BCUT2D eigenvalue weighted by Crippen LogP contribution is 2.05. The predicted molar refractivity (Wildman–Crippen MR) is 63.8 cm³/mol. The molecule has 4 heteroatoms. The largest absolute Gasteiger partial charge is 0.465 e. The van der Waals surface area contributed by atoms with Gasteiger partial charge in [0.15, 0.2) is 0 Å². The molecular weight excluding hydrogens is 293 g/mol. The number of rotatable bonds is 4. The van der Waals surface area contributed by atoms with Crippen LogP contribution in [-0.2, 0) is 9.53 Å². The fraction of sp³-hybridized carbons (Fsp3) is 0.900. The summed E-state index contributed by atoms with van der Waals surface area (Å²) in [5.41, 5.74) is 0. The van der Waals surface area contributed by atoms with E-state index in [0.29, 0.717) is 12.6 Å². The Hall–Kier alpha value is 0.160. The van der Waals surface area contributed by atoms with Gasteiger partial charge in [-0.25, -0.2) is 0 Å². The third-order valence-corrected chi connectivity index (χ3v) is 3.36. The first-order chi connectivity index (χ1) is 6.61. The molecule has 1 saturated heterocycles. The summed E-state index contributed by atoms with van der Waals surface area (Å²) < 4.78 is 5.13. The van der Waals surface area contributed by atoms with E-state index in [1.165, 1.54) is 19.4 Å².